The summed E-state index contributed by atoms with van der Waals surface area (Å²) >= 11 is 7.49. The number of hydrogen-bond donors (Lipinski definition) is 4. The molecule has 4 N–H and O–H groups in total. The SMILES string of the molecule is CC(C)(CO)C(=O)SCCO[P@@](=O)(NCc1ccccc1)OC[C@H]1O[C@@H](n2ccc(=O)[nH]c2=O)[C@](C)(Cl)[C@@H]1O. The molecular weight excluding hydrogens is 573 g/mol. The van der Waals surface area contributed by atoms with Crippen molar-refractivity contribution >= 4 is 36.2 Å². The Balaban J connectivity index is 1.69. The smallest absolute Gasteiger partial charge is 0.395 e. The maximum atomic E-state index is 13.6. The molecule has 1 aromatic heterocycles. The van der Waals surface area contributed by atoms with Crippen molar-refractivity contribution in [3.05, 3.63) is 69.0 Å². The largest absolute Gasteiger partial charge is 0.405 e. The van der Waals surface area contributed by atoms with Crippen molar-refractivity contribution in [2.24, 2.45) is 5.41 Å². The second-order valence-corrected chi connectivity index (χ2v) is 13.5. The number of benzene rings is 1. The van der Waals surface area contributed by atoms with E-state index in [2.05, 4.69) is 10.1 Å². The lowest BCUT2D eigenvalue weighted by Gasteiger charge is -2.26. The number of rotatable bonds is 13. The summed E-state index contributed by atoms with van der Waals surface area (Å²) in [7, 11) is -4.00. The van der Waals surface area contributed by atoms with Gasteiger partial charge in [-0.1, -0.05) is 42.1 Å². The van der Waals surface area contributed by atoms with Gasteiger partial charge in [-0.2, -0.15) is 0 Å². The molecular formula is C24H33ClN3O9PS. The molecule has 0 aliphatic carbocycles. The van der Waals surface area contributed by atoms with Crippen LogP contribution in [0.2, 0.25) is 0 Å². The van der Waals surface area contributed by atoms with Crippen LogP contribution in [0.25, 0.3) is 0 Å². The van der Waals surface area contributed by atoms with Gasteiger partial charge in [-0.15, -0.1) is 11.6 Å². The van der Waals surface area contributed by atoms with E-state index in [9.17, 15) is 29.2 Å². The van der Waals surface area contributed by atoms with E-state index in [1.165, 1.54) is 13.1 Å². The van der Waals surface area contributed by atoms with Gasteiger partial charge < -0.3 is 14.9 Å². The third-order valence-electron chi connectivity index (χ3n) is 6.07. The van der Waals surface area contributed by atoms with Crippen molar-refractivity contribution in [1.29, 1.82) is 0 Å². The summed E-state index contributed by atoms with van der Waals surface area (Å²) in [6, 6.07) is 10.2. The molecule has 15 heteroatoms. The van der Waals surface area contributed by atoms with Crippen molar-refractivity contribution in [2.75, 3.05) is 25.6 Å². The summed E-state index contributed by atoms with van der Waals surface area (Å²) in [6.45, 7) is 3.99. The van der Waals surface area contributed by atoms with E-state index in [4.69, 9.17) is 25.4 Å². The second-order valence-electron chi connectivity index (χ2n) is 9.77. The Morgan fingerprint density at radius 3 is 2.62 bits per heavy atom. The van der Waals surface area contributed by atoms with Crippen LogP contribution < -0.4 is 16.3 Å². The molecule has 0 saturated carbocycles. The highest BCUT2D eigenvalue weighted by Crippen LogP contribution is 2.47. The molecule has 1 fully saturated rings. The van der Waals surface area contributed by atoms with E-state index >= 15 is 0 Å². The molecule has 39 heavy (non-hydrogen) atoms. The molecule has 0 unspecified atom stereocenters. The fraction of sp³-hybridized carbons (Fsp3) is 0.542. The Bertz CT molecular complexity index is 1290. The third-order valence-corrected chi connectivity index (χ3v) is 9.23. The van der Waals surface area contributed by atoms with Gasteiger partial charge in [0.1, 0.15) is 17.1 Å². The van der Waals surface area contributed by atoms with Crippen molar-refractivity contribution in [3.8, 4) is 0 Å². The van der Waals surface area contributed by atoms with Gasteiger partial charge in [-0.05, 0) is 26.3 Å². The lowest BCUT2D eigenvalue weighted by atomic mass is 9.97. The van der Waals surface area contributed by atoms with Crippen molar-refractivity contribution < 1.29 is 33.4 Å². The maximum absolute atomic E-state index is 13.6. The number of carbonyl (C=O) groups is 1. The molecule has 2 aromatic rings. The fourth-order valence-electron chi connectivity index (χ4n) is 3.60. The molecule has 1 saturated heterocycles. The zero-order valence-corrected chi connectivity index (χ0v) is 24.2. The number of hydrogen-bond acceptors (Lipinski definition) is 10. The number of nitrogens with one attached hydrogen (secondary N) is 2. The fourth-order valence-corrected chi connectivity index (χ4v) is 6.13. The molecule has 0 spiro atoms. The van der Waals surface area contributed by atoms with Gasteiger partial charge in [0.15, 0.2) is 11.3 Å². The highest BCUT2D eigenvalue weighted by Gasteiger charge is 2.54. The van der Waals surface area contributed by atoms with Gasteiger partial charge in [0.05, 0.1) is 25.2 Å². The topological polar surface area (TPSA) is 169 Å². The number of alkyl halides is 1. The van der Waals surface area contributed by atoms with Crippen molar-refractivity contribution in [2.45, 2.75) is 50.6 Å². The van der Waals surface area contributed by atoms with Crippen LogP contribution in [0, 0.1) is 5.41 Å². The standard InChI is InChI=1S/C24H33ClN3O9PS/c1-23(2,15-29)21(32)39-12-11-35-38(34,26-13-16-7-5-4-6-8-16)36-14-17-19(31)24(3,25)20(37-17)28-10-9-18(30)27-22(28)33/h4-10,17,19-20,29,31H,11-15H2,1-3H3,(H,26,34)(H,27,30,33)/t17-,19-,20-,24-,38+/m1/s1. The molecule has 216 valence electrons. The van der Waals surface area contributed by atoms with Crippen LogP contribution in [0.1, 0.15) is 32.6 Å². The van der Waals surface area contributed by atoms with E-state index in [0.29, 0.717) is 0 Å². The van der Waals surface area contributed by atoms with Crippen LogP contribution in [0.5, 0.6) is 0 Å². The number of carbonyl (C=O) groups excluding carboxylic acids is 1. The minimum atomic E-state index is -4.00. The Kier molecular flexibility index (Phi) is 10.8. The zero-order chi connectivity index (χ0) is 28.8. The maximum Gasteiger partial charge on any atom is 0.405 e. The van der Waals surface area contributed by atoms with Crippen LogP contribution in [-0.2, 0) is 29.7 Å². The Labute approximate surface area is 234 Å². The van der Waals surface area contributed by atoms with E-state index in [-0.39, 0.29) is 30.6 Å². The highest BCUT2D eigenvalue weighted by atomic mass is 35.5. The first-order valence-electron chi connectivity index (χ1n) is 12.1. The molecule has 0 amide bonds. The molecule has 0 radical (unpaired) electrons. The number of ether oxygens (including phenoxy) is 1. The number of halogens is 1. The van der Waals surface area contributed by atoms with Gasteiger partial charge in [0.25, 0.3) is 5.56 Å². The molecule has 5 atom stereocenters. The minimum Gasteiger partial charge on any atom is -0.395 e. The number of aliphatic hydroxyl groups is 2. The second kappa shape index (κ2) is 13.2. The van der Waals surface area contributed by atoms with E-state index in [1.54, 1.807) is 13.8 Å². The van der Waals surface area contributed by atoms with E-state index in [0.717, 1.165) is 28.0 Å². The number of aromatic amines is 1. The number of aromatic nitrogens is 2. The molecule has 0 bridgehead atoms. The molecule has 2 heterocycles. The highest BCUT2D eigenvalue weighted by molar-refractivity contribution is 8.13. The summed E-state index contributed by atoms with van der Waals surface area (Å²) < 4.78 is 31.6. The summed E-state index contributed by atoms with van der Waals surface area (Å²) in [5, 5.41) is 22.7. The monoisotopic (exact) mass is 605 g/mol. The quantitative estimate of drug-likeness (QED) is 0.150. The van der Waals surface area contributed by atoms with Crippen molar-refractivity contribution in [1.82, 2.24) is 14.6 Å². The molecule has 3 rings (SSSR count). The van der Waals surface area contributed by atoms with E-state index in [1.807, 2.05) is 30.3 Å². The Hall–Kier alpha value is -1.80. The average molecular weight is 606 g/mol. The molecule has 1 aliphatic heterocycles. The summed E-state index contributed by atoms with van der Waals surface area (Å²) in [5.74, 6) is 0.155. The van der Waals surface area contributed by atoms with Crippen molar-refractivity contribution in [3.63, 3.8) is 0 Å². The molecule has 1 aromatic carbocycles. The predicted octanol–water partition coefficient (Wildman–Crippen LogP) is 2.00. The normalized spacial score (nSPS) is 24.9. The number of aliphatic hydroxyl groups excluding tert-OH is 2. The lowest BCUT2D eigenvalue weighted by molar-refractivity contribution is -0.119. The summed E-state index contributed by atoms with van der Waals surface area (Å²) in [5.41, 5.74) is -1.50. The summed E-state index contributed by atoms with van der Waals surface area (Å²) in [4.78, 5) is 36.6. The first-order chi connectivity index (χ1) is 18.3. The van der Waals surface area contributed by atoms with Gasteiger partial charge >= 0.3 is 13.4 Å². The first-order valence-corrected chi connectivity index (χ1v) is 15.0. The first kappa shape index (κ1) is 31.7. The molecule has 1 aliphatic rings. The van der Waals surface area contributed by atoms with Gasteiger partial charge in [0, 0.05) is 24.6 Å². The predicted molar refractivity (Wildman–Crippen MR) is 147 cm³/mol. The lowest BCUT2D eigenvalue weighted by Crippen LogP contribution is -2.43. The van der Waals surface area contributed by atoms with Gasteiger partial charge in [-0.3, -0.25) is 28.2 Å². The van der Waals surface area contributed by atoms with Crippen LogP contribution in [-0.4, -0.2) is 67.5 Å². The number of thioether (sulfide) groups is 1. The van der Waals surface area contributed by atoms with E-state index < -0.39 is 54.3 Å². The minimum absolute atomic E-state index is 0.117. The Morgan fingerprint density at radius 2 is 1.97 bits per heavy atom. The zero-order valence-electron chi connectivity index (χ0n) is 21.7. The molecule has 12 nitrogen and oxygen atoms in total. The third kappa shape index (κ3) is 8.12. The Morgan fingerprint density at radius 1 is 1.28 bits per heavy atom. The number of nitrogens with zero attached hydrogens (tertiary/aromatic N) is 1. The van der Waals surface area contributed by atoms with Crippen LogP contribution >= 0.6 is 31.1 Å². The number of H-pyrrole nitrogens is 1. The summed E-state index contributed by atoms with van der Waals surface area (Å²) in [6.07, 6.45) is -2.41. The van der Waals surface area contributed by atoms with Crippen LogP contribution in [0.15, 0.2) is 52.2 Å². The van der Waals surface area contributed by atoms with Crippen LogP contribution in [0.4, 0.5) is 0 Å². The average Bonchev–Trinajstić information content (AvgIpc) is 3.13. The van der Waals surface area contributed by atoms with Gasteiger partial charge in [-0.25, -0.2) is 14.4 Å². The van der Waals surface area contributed by atoms with Gasteiger partial charge in [0.2, 0.25) is 0 Å². The van der Waals surface area contributed by atoms with Crippen LogP contribution in [0.3, 0.4) is 0 Å².